The molecule has 2 nitrogen and oxygen atoms in total. The highest BCUT2D eigenvalue weighted by molar-refractivity contribution is 6.12. The van der Waals surface area contributed by atoms with Crippen LogP contribution in [0.3, 0.4) is 0 Å². The molecule has 2 heteroatoms. The van der Waals surface area contributed by atoms with E-state index < -0.39 is 0 Å². The van der Waals surface area contributed by atoms with Crippen LogP contribution in [0.1, 0.15) is 33.4 Å². The van der Waals surface area contributed by atoms with Gasteiger partial charge in [0.05, 0.1) is 19.6 Å². The van der Waals surface area contributed by atoms with Gasteiger partial charge in [0.25, 0.3) is 0 Å². The van der Waals surface area contributed by atoms with Crippen LogP contribution in [0.15, 0.2) is 84.9 Å². The fourth-order valence-corrected chi connectivity index (χ4v) is 6.33. The molecule has 3 aliphatic carbocycles. The summed E-state index contributed by atoms with van der Waals surface area (Å²) in [6.07, 6.45) is 0.987. The zero-order chi connectivity index (χ0) is 21.4. The molecule has 1 spiro atoms. The lowest BCUT2D eigenvalue weighted by molar-refractivity contribution is 0.414. The lowest BCUT2D eigenvalue weighted by Gasteiger charge is -2.33. The Bertz CT molecular complexity index is 1420. The van der Waals surface area contributed by atoms with E-state index in [9.17, 15) is 0 Å². The molecule has 0 aromatic heterocycles. The maximum absolute atomic E-state index is 5.63. The van der Waals surface area contributed by atoms with Crippen LogP contribution in [-0.2, 0) is 11.8 Å². The molecule has 4 aromatic carbocycles. The Morgan fingerprint density at radius 3 is 1.81 bits per heavy atom. The van der Waals surface area contributed by atoms with E-state index in [-0.39, 0.29) is 5.41 Å². The summed E-state index contributed by atoms with van der Waals surface area (Å²) in [7, 11) is 3.47. The topological polar surface area (TPSA) is 18.5 Å². The van der Waals surface area contributed by atoms with Crippen LogP contribution in [0.25, 0.3) is 22.3 Å². The zero-order valence-corrected chi connectivity index (χ0v) is 18.1. The molecule has 4 aromatic rings. The van der Waals surface area contributed by atoms with Gasteiger partial charge in [-0.05, 0) is 86.3 Å². The van der Waals surface area contributed by atoms with Crippen LogP contribution < -0.4 is 9.47 Å². The first-order valence-corrected chi connectivity index (χ1v) is 11.1. The first-order valence-electron chi connectivity index (χ1n) is 11.1. The van der Waals surface area contributed by atoms with E-state index in [1.807, 2.05) is 0 Å². The Balaban J connectivity index is 1.66. The minimum atomic E-state index is -0.318. The highest BCUT2D eigenvalue weighted by atomic mass is 16.5. The normalized spacial score (nSPS) is 15.8. The minimum Gasteiger partial charge on any atom is -0.497 e. The molecular weight excluding hydrogens is 392 g/mol. The Kier molecular flexibility index (Phi) is 3.42. The first kappa shape index (κ1) is 17.9. The third-order valence-corrected chi connectivity index (χ3v) is 7.54. The Morgan fingerprint density at radius 1 is 0.594 bits per heavy atom. The summed E-state index contributed by atoms with van der Waals surface area (Å²) < 4.78 is 11.3. The second-order valence-corrected chi connectivity index (χ2v) is 8.81. The molecule has 154 valence electrons. The average molecular weight is 415 g/mol. The molecule has 32 heavy (non-hydrogen) atoms. The molecule has 0 fully saturated rings. The quantitative estimate of drug-likeness (QED) is 0.373. The molecular formula is C30H22O2. The predicted molar refractivity (Wildman–Crippen MR) is 128 cm³/mol. The maximum atomic E-state index is 5.63. The standard InChI is InChI=1S/C30H22O2/c1-31-19-11-13-27-23(16-19)24-17-20(32-2)12-14-28(24)30(27)26-10-6-5-9-22(26)25-15-18-7-3-4-8-21(18)29(25)30/h3-14,16-17H,15H2,1-2H3. The average Bonchev–Trinajstić information content (AvgIpc) is 3.46. The number of hydrogen-bond donors (Lipinski definition) is 0. The highest BCUT2D eigenvalue weighted by Crippen LogP contribution is 2.67. The van der Waals surface area contributed by atoms with Crippen molar-refractivity contribution in [2.24, 2.45) is 0 Å². The van der Waals surface area contributed by atoms with Gasteiger partial charge in [-0.1, -0.05) is 60.7 Å². The number of hydrogen-bond acceptors (Lipinski definition) is 2. The third kappa shape index (κ3) is 1.96. The number of fused-ring (bicyclic) bond motifs is 11. The smallest absolute Gasteiger partial charge is 0.119 e. The van der Waals surface area contributed by atoms with Crippen LogP contribution in [0, 0.1) is 0 Å². The van der Waals surface area contributed by atoms with Crippen molar-refractivity contribution >= 4 is 11.1 Å². The zero-order valence-electron chi connectivity index (χ0n) is 18.1. The van der Waals surface area contributed by atoms with Gasteiger partial charge in [-0.2, -0.15) is 0 Å². The Labute approximate surface area is 187 Å². The van der Waals surface area contributed by atoms with E-state index in [0.29, 0.717) is 0 Å². The van der Waals surface area contributed by atoms with Gasteiger partial charge in [-0.3, -0.25) is 0 Å². The highest BCUT2D eigenvalue weighted by Gasteiger charge is 2.55. The van der Waals surface area contributed by atoms with E-state index in [1.165, 1.54) is 55.7 Å². The lowest BCUT2D eigenvalue weighted by atomic mass is 9.68. The van der Waals surface area contributed by atoms with E-state index in [4.69, 9.17) is 9.47 Å². The summed E-state index contributed by atoms with van der Waals surface area (Å²) in [6, 6.07) is 31.0. The number of rotatable bonds is 2. The molecule has 0 N–H and O–H groups in total. The molecule has 0 bridgehead atoms. The van der Waals surface area contributed by atoms with Crippen molar-refractivity contribution in [3.63, 3.8) is 0 Å². The summed E-state index contributed by atoms with van der Waals surface area (Å²) in [5.74, 6) is 1.75. The van der Waals surface area contributed by atoms with Crippen molar-refractivity contribution in [2.75, 3.05) is 14.2 Å². The number of benzene rings is 4. The Hall–Kier alpha value is -3.78. The van der Waals surface area contributed by atoms with Crippen molar-refractivity contribution < 1.29 is 9.47 Å². The maximum Gasteiger partial charge on any atom is 0.119 e. The first-order chi connectivity index (χ1) is 15.8. The van der Waals surface area contributed by atoms with Gasteiger partial charge in [0.2, 0.25) is 0 Å². The second kappa shape index (κ2) is 6.14. The van der Waals surface area contributed by atoms with E-state index in [1.54, 1.807) is 14.2 Å². The van der Waals surface area contributed by atoms with Crippen molar-refractivity contribution in [3.8, 4) is 22.6 Å². The van der Waals surface area contributed by atoms with Crippen LogP contribution in [0.2, 0.25) is 0 Å². The van der Waals surface area contributed by atoms with Crippen LogP contribution in [-0.4, -0.2) is 14.2 Å². The van der Waals surface area contributed by atoms with E-state index in [2.05, 4.69) is 84.9 Å². The molecule has 0 aliphatic heterocycles. The molecule has 0 saturated carbocycles. The van der Waals surface area contributed by atoms with Gasteiger partial charge >= 0.3 is 0 Å². The van der Waals surface area contributed by atoms with Crippen molar-refractivity contribution in [1.82, 2.24) is 0 Å². The van der Waals surface area contributed by atoms with Gasteiger partial charge in [-0.25, -0.2) is 0 Å². The monoisotopic (exact) mass is 414 g/mol. The van der Waals surface area contributed by atoms with Crippen molar-refractivity contribution in [3.05, 3.63) is 118 Å². The Morgan fingerprint density at radius 2 is 1.16 bits per heavy atom. The van der Waals surface area contributed by atoms with Crippen LogP contribution in [0.5, 0.6) is 11.5 Å². The molecule has 0 heterocycles. The SMILES string of the molecule is COc1ccc2c(c1)-c1cc(OC)ccc1C21C2=C(Cc3ccccc32)c2ccccc21. The largest absolute Gasteiger partial charge is 0.497 e. The fraction of sp³-hybridized carbons (Fsp3) is 0.133. The summed E-state index contributed by atoms with van der Waals surface area (Å²) in [5, 5.41) is 0. The third-order valence-electron chi connectivity index (χ3n) is 7.54. The molecule has 0 unspecified atom stereocenters. The van der Waals surface area contributed by atoms with Gasteiger partial charge in [0, 0.05) is 0 Å². The predicted octanol–water partition coefficient (Wildman–Crippen LogP) is 6.50. The van der Waals surface area contributed by atoms with Crippen LogP contribution in [0.4, 0.5) is 0 Å². The van der Waals surface area contributed by atoms with Crippen molar-refractivity contribution in [2.45, 2.75) is 11.8 Å². The van der Waals surface area contributed by atoms with E-state index in [0.717, 1.165) is 17.9 Å². The molecule has 7 rings (SSSR count). The fourth-order valence-electron chi connectivity index (χ4n) is 6.33. The second-order valence-electron chi connectivity index (χ2n) is 8.81. The van der Waals surface area contributed by atoms with E-state index >= 15 is 0 Å². The molecule has 0 atom stereocenters. The molecule has 0 radical (unpaired) electrons. The molecule has 3 aliphatic rings. The number of allylic oxidation sites excluding steroid dienone is 2. The summed E-state index contributed by atoms with van der Waals surface area (Å²) in [6.45, 7) is 0. The lowest BCUT2D eigenvalue weighted by Crippen LogP contribution is -2.26. The number of ether oxygens (including phenoxy) is 2. The van der Waals surface area contributed by atoms with Gasteiger partial charge in [0.15, 0.2) is 0 Å². The summed E-state index contributed by atoms with van der Waals surface area (Å²) in [5.41, 5.74) is 13.3. The minimum absolute atomic E-state index is 0.318. The van der Waals surface area contributed by atoms with Crippen LogP contribution >= 0.6 is 0 Å². The molecule has 0 saturated heterocycles. The summed E-state index contributed by atoms with van der Waals surface area (Å²) in [4.78, 5) is 0. The summed E-state index contributed by atoms with van der Waals surface area (Å²) >= 11 is 0. The van der Waals surface area contributed by atoms with Gasteiger partial charge in [-0.15, -0.1) is 0 Å². The van der Waals surface area contributed by atoms with Gasteiger partial charge < -0.3 is 9.47 Å². The van der Waals surface area contributed by atoms with Crippen molar-refractivity contribution in [1.29, 1.82) is 0 Å². The van der Waals surface area contributed by atoms with Gasteiger partial charge in [0.1, 0.15) is 11.5 Å². The number of methoxy groups -OCH3 is 2. The molecule has 0 amide bonds.